The van der Waals surface area contributed by atoms with E-state index < -0.39 is 0 Å². The van der Waals surface area contributed by atoms with Crippen LogP contribution in [0.1, 0.15) is 19.3 Å². The maximum atomic E-state index is 10.4. The van der Waals surface area contributed by atoms with E-state index in [1.807, 2.05) is 6.07 Å². The molecule has 12 heavy (non-hydrogen) atoms. The molecule has 1 aromatic rings. The summed E-state index contributed by atoms with van der Waals surface area (Å²) in [7, 11) is 0. The molecule has 1 aliphatic heterocycles. The largest absolute Gasteiger partial charge is 0.356 e. The van der Waals surface area contributed by atoms with Gasteiger partial charge in [0.15, 0.2) is 0 Å². The van der Waals surface area contributed by atoms with Gasteiger partial charge in [0.1, 0.15) is 0 Å². The van der Waals surface area contributed by atoms with E-state index in [-0.39, 0.29) is 5.91 Å². The summed E-state index contributed by atoms with van der Waals surface area (Å²) in [6, 6.07) is 1.83. The maximum Gasteiger partial charge on any atom is 0.219 e. The average Bonchev–Trinajstić information content (AvgIpc) is 2.62. The highest BCUT2D eigenvalue weighted by molar-refractivity contribution is 5.76. The molecule has 0 aliphatic carbocycles. The summed E-state index contributed by atoms with van der Waals surface area (Å²) >= 11 is 0. The van der Waals surface area contributed by atoms with Crippen LogP contribution in [0.5, 0.6) is 0 Å². The normalized spacial score (nSPS) is 15.8. The first-order valence-corrected chi connectivity index (χ1v) is 4.10. The minimum absolute atomic E-state index is 0.214. The molecule has 0 bridgehead atoms. The van der Waals surface area contributed by atoms with Crippen LogP contribution in [-0.4, -0.2) is 22.6 Å². The van der Waals surface area contributed by atoms with Crippen LogP contribution in [0.2, 0.25) is 0 Å². The summed E-state index contributed by atoms with van der Waals surface area (Å²) in [6.45, 7) is 0.888. The number of hydrogen-bond acceptors (Lipinski definition) is 2. The molecule has 2 N–H and O–H groups in total. The Morgan fingerprint density at radius 1 is 1.42 bits per heavy atom. The summed E-state index contributed by atoms with van der Waals surface area (Å²) in [5.74, 6) is 0.214. The van der Waals surface area contributed by atoms with Crippen LogP contribution in [0.4, 0.5) is 0 Å². The number of carbonyl (C=O) groups is 1. The Hall–Kier alpha value is -1.32. The van der Waals surface area contributed by atoms with Crippen molar-refractivity contribution in [3.05, 3.63) is 18.5 Å². The van der Waals surface area contributed by atoms with E-state index in [1.54, 1.807) is 12.4 Å². The minimum Gasteiger partial charge on any atom is -0.356 e. The lowest BCUT2D eigenvalue weighted by Crippen LogP contribution is -2.28. The molecule has 0 radical (unpaired) electrons. The quantitative estimate of drug-likeness (QED) is 0.597. The van der Waals surface area contributed by atoms with E-state index in [2.05, 4.69) is 15.5 Å². The first-order chi connectivity index (χ1) is 5.89. The van der Waals surface area contributed by atoms with Crippen molar-refractivity contribution in [2.75, 3.05) is 6.54 Å². The van der Waals surface area contributed by atoms with Gasteiger partial charge in [0, 0.05) is 25.4 Å². The van der Waals surface area contributed by atoms with Gasteiger partial charge in [-0.05, 0) is 18.9 Å². The van der Waals surface area contributed by atoms with Crippen molar-refractivity contribution in [3.8, 4) is 0 Å². The van der Waals surface area contributed by atoms with Gasteiger partial charge in [-0.15, -0.1) is 0 Å². The second kappa shape index (κ2) is 5.35. The zero-order chi connectivity index (χ0) is 8.65. The number of piperidine rings is 1. The van der Waals surface area contributed by atoms with Gasteiger partial charge in [0.25, 0.3) is 0 Å². The van der Waals surface area contributed by atoms with Crippen LogP contribution in [0.3, 0.4) is 0 Å². The summed E-state index contributed by atoms with van der Waals surface area (Å²) in [5, 5.41) is 8.95. The SMILES string of the molecule is O=C1CCCCN1.c1cn[nH]c1. The van der Waals surface area contributed by atoms with Gasteiger partial charge >= 0.3 is 0 Å². The van der Waals surface area contributed by atoms with E-state index in [1.165, 1.54) is 0 Å². The van der Waals surface area contributed by atoms with Crippen LogP contribution in [0.15, 0.2) is 18.5 Å². The molecule has 0 spiro atoms. The molecule has 66 valence electrons. The Morgan fingerprint density at radius 3 is 2.58 bits per heavy atom. The maximum absolute atomic E-state index is 10.4. The van der Waals surface area contributed by atoms with E-state index in [0.29, 0.717) is 0 Å². The van der Waals surface area contributed by atoms with Gasteiger partial charge in [-0.1, -0.05) is 0 Å². The van der Waals surface area contributed by atoms with Gasteiger partial charge in [0.05, 0.1) is 0 Å². The Morgan fingerprint density at radius 2 is 2.33 bits per heavy atom. The standard InChI is InChI=1S/C5H9NO.C3H4N2/c7-5-3-1-2-4-6-5;1-2-4-5-3-1/h1-4H2,(H,6,7);1-3H,(H,4,5). The molecular weight excluding hydrogens is 154 g/mol. The molecule has 4 nitrogen and oxygen atoms in total. The molecule has 2 rings (SSSR count). The molecular formula is C8H13N3O. The predicted molar refractivity (Wildman–Crippen MR) is 45.4 cm³/mol. The van der Waals surface area contributed by atoms with Crippen molar-refractivity contribution in [2.24, 2.45) is 0 Å². The summed E-state index contributed by atoms with van der Waals surface area (Å²) in [5.41, 5.74) is 0. The van der Waals surface area contributed by atoms with Crippen molar-refractivity contribution < 1.29 is 4.79 Å². The topological polar surface area (TPSA) is 57.8 Å². The number of aromatic nitrogens is 2. The zero-order valence-electron chi connectivity index (χ0n) is 6.92. The fraction of sp³-hybridized carbons (Fsp3) is 0.500. The molecule has 1 fully saturated rings. The number of hydrogen-bond donors (Lipinski definition) is 2. The van der Waals surface area contributed by atoms with Crippen LogP contribution >= 0.6 is 0 Å². The van der Waals surface area contributed by atoms with Crippen molar-refractivity contribution in [1.82, 2.24) is 15.5 Å². The molecule has 1 amide bonds. The lowest BCUT2D eigenvalue weighted by Gasteiger charge is -2.08. The highest BCUT2D eigenvalue weighted by Crippen LogP contribution is 1.98. The second-order valence-corrected chi connectivity index (χ2v) is 2.57. The number of rotatable bonds is 0. The van der Waals surface area contributed by atoms with Crippen LogP contribution < -0.4 is 5.32 Å². The zero-order valence-corrected chi connectivity index (χ0v) is 6.92. The smallest absolute Gasteiger partial charge is 0.219 e. The molecule has 0 unspecified atom stereocenters. The highest BCUT2D eigenvalue weighted by Gasteiger charge is 2.04. The monoisotopic (exact) mass is 167 g/mol. The lowest BCUT2D eigenvalue weighted by atomic mass is 10.2. The third-order valence-electron chi connectivity index (χ3n) is 1.56. The number of nitrogens with one attached hydrogen (secondary N) is 2. The molecule has 4 heteroatoms. The Bertz CT molecular complexity index is 183. The predicted octanol–water partition coefficient (Wildman–Crippen LogP) is 0.696. The van der Waals surface area contributed by atoms with Crippen LogP contribution in [0.25, 0.3) is 0 Å². The number of amides is 1. The van der Waals surface area contributed by atoms with Gasteiger partial charge < -0.3 is 5.32 Å². The van der Waals surface area contributed by atoms with E-state index >= 15 is 0 Å². The van der Waals surface area contributed by atoms with Gasteiger partial charge in [-0.25, -0.2) is 0 Å². The molecule has 0 aromatic carbocycles. The first-order valence-electron chi connectivity index (χ1n) is 4.10. The molecule has 1 saturated heterocycles. The number of H-pyrrole nitrogens is 1. The van der Waals surface area contributed by atoms with Crippen molar-refractivity contribution >= 4 is 5.91 Å². The van der Waals surface area contributed by atoms with Crippen molar-refractivity contribution in [3.63, 3.8) is 0 Å². The molecule has 0 saturated carbocycles. The third kappa shape index (κ3) is 3.75. The summed E-state index contributed by atoms with van der Waals surface area (Å²) < 4.78 is 0. The highest BCUT2D eigenvalue weighted by atomic mass is 16.1. The first kappa shape index (κ1) is 8.77. The fourth-order valence-electron chi connectivity index (χ4n) is 0.942. The van der Waals surface area contributed by atoms with Crippen molar-refractivity contribution in [2.45, 2.75) is 19.3 Å². The van der Waals surface area contributed by atoms with E-state index in [0.717, 1.165) is 25.8 Å². The average molecular weight is 167 g/mol. The van der Waals surface area contributed by atoms with Crippen molar-refractivity contribution in [1.29, 1.82) is 0 Å². The minimum atomic E-state index is 0.214. The van der Waals surface area contributed by atoms with Crippen LogP contribution in [0, 0.1) is 0 Å². The summed E-state index contributed by atoms with van der Waals surface area (Å²) in [6.07, 6.45) is 6.43. The molecule has 0 atom stereocenters. The molecule has 2 heterocycles. The van der Waals surface area contributed by atoms with Gasteiger partial charge in [-0.2, -0.15) is 5.10 Å². The molecule has 1 aromatic heterocycles. The second-order valence-electron chi connectivity index (χ2n) is 2.57. The Kier molecular flexibility index (Phi) is 3.91. The van der Waals surface area contributed by atoms with E-state index in [4.69, 9.17) is 0 Å². The fourth-order valence-corrected chi connectivity index (χ4v) is 0.942. The number of aromatic amines is 1. The Balaban J connectivity index is 0.000000127. The summed E-state index contributed by atoms with van der Waals surface area (Å²) in [4.78, 5) is 10.4. The Labute approximate surface area is 71.4 Å². The van der Waals surface area contributed by atoms with E-state index in [9.17, 15) is 4.79 Å². The lowest BCUT2D eigenvalue weighted by molar-refractivity contribution is -0.122. The number of nitrogens with zero attached hydrogens (tertiary/aromatic N) is 1. The van der Waals surface area contributed by atoms with Crippen LogP contribution in [-0.2, 0) is 4.79 Å². The molecule has 1 aliphatic rings. The van der Waals surface area contributed by atoms with Gasteiger partial charge in [0.2, 0.25) is 5.91 Å². The van der Waals surface area contributed by atoms with Gasteiger partial charge in [-0.3, -0.25) is 9.89 Å². The third-order valence-corrected chi connectivity index (χ3v) is 1.56. The number of carbonyl (C=O) groups excluding carboxylic acids is 1.